The number of allylic oxidation sites excluding steroid dienone is 1. The van der Waals surface area contributed by atoms with Crippen LogP contribution in [-0.2, 0) is 14.3 Å². The third-order valence-electron chi connectivity index (χ3n) is 3.75. The van der Waals surface area contributed by atoms with Gasteiger partial charge >= 0.3 is 12.1 Å². The predicted octanol–water partition coefficient (Wildman–Crippen LogP) is 2.65. The molecule has 5 nitrogen and oxygen atoms in total. The lowest BCUT2D eigenvalue weighted by atomic mass is 9.99. The number of rotatable bonds is 1. The highest BCUT2D eigenvalue weighted by Gasteiger charge is 2.43. The molecule has 0 aromatic heterocycles. The van der Waals surface area contributed by atoms with Crippen LogP contribution in [0.15, 0.2) is 11.6 Å². The van der Waals surface area contributed by atoms with E-state index in [2.05, 4.69) is 0 Å². The minimum Gasteiger partial charge on any atom is -0.457 e. The summed E-state index contributed by atoms with van der Waals surface area (Å²) in [5, 5.41) is 0. The highest BCUT2D eigenvalue weighted by Crippen LogP contribution is 2.36. The lowest BCUT2D eigenvalue weighted by Crippen LogP contribution is -2.43. The standard InChI is InChI=1S/C15H23NO4/c1-15(2,3)20-13(17)11-7-5-6-10-8-9-12(11)16(10)14(18)19-4/h7,10,12H,5-6,8-9H2,1-4H3/t10?,12-/m1/s1. The van der Waals surface area contributed by atoms with Gasteiger partial charge in [0.25, 0.3) is 0 Å². The summed E-state index contributed by atoms with van der Waals surface area (Å²) in [6, 6.07) is -0.0339. The summed E-state index contributed by atoms with van der Waals surface area (Å²) in [6.45, 7) is 5.53. The minimum atomic E-state index is -0.529. The Bertz CT molecular complexity index is 436. The Balaban J connectivity index is 2.22. The van der Waals surface area contributed by atoms with E-state index < -0.39 is 5.60 Å². The molecule has 1 amide bonds. The van der Waals surface area contributed by atoms with E-state index >= 15 is 0 Å². The molecule has 2 heterocycles. The zero-order valence-corrected chi connectivity index (χ0v) is 12.6. The molecule has 1 unspecified atom stereocenters. The van der Waals surface area contributed by atoms with Gasteiger partial charge in [0.1, 0.15) is 5.60 Å². The van der Waals surface area contributed by atoms with Crippen LogP contribution in [0, 0.1) is 0 Å². The average molecular weight is 281 g/mol. The Morgan fingerprint density at radius 3 is 2.55 bits per heavy atom. The van der Waals surface area contributed by atoms with Crippen molar-refractivity contribution in [2.24, 2.45) is 0 Å². The van der Waals surface area contributed by atoms with Gasteiger partial charge < -0.3 is 9.47 Å². The summed E-state index contributed by atoms with van der Waals surface area (Å²) in [5.41, 5.74) is 0.0727. The first-order chi connectivity index (χ1) is 9.33. The van der Waals surface area contributed by atoms with E-state index in [1.54, 1.807) is 4.90 Å². The maximum atomic E-state index is 12.3. The van der Waals surface area contributed by atoms with Crippen LogP contribution in [0.5, 0.6) is 0 Å². The molecule has 2 aliphatic rings. The van der Waals surface area contributed by atoms with Crippen LogP contribution in [-0.4, -0.2) is 41.8 Å². The van der Waals surface area contributed by atoms with Crippen molar-refractivity contribution in [3.05, 3.63) is 11.6 Å². The van der Waals surface area contributed by atoms with E-state index in [0.717, 1.165) is 25.7 Å². The fraction of sp³-hybridized carbons (Fsp3) is 0.733. The molecule has 112 valence electrons. The number of carbonyl (C=O) groups excluding carboxylic acids is 2. The number of amides is 1. The average Bonchev–Trinajstić information content (AvgIpc) is 2.62. The lowest BCUT2D eigenvalue weighted by molar-refractivity contribution is -0.150. The third kappa shape index (κ3) is 2.97. The first-order valence-corrected chi connectivity index (χ1v) is 7.13. The van der Waals surface area contributed by atoms with Crippen LogP contribution in [0.25, 0.3) is 0 Å². The molecule has 2 bridgehead atoms. The summed E-state index contributed by atoms with van der Waals surface area (Å²) in [5.74, 6) is -0.320. The Hall–Kier alpha value is -1.52. The second-order valence-electron chi connectivity index (χ2n) is 6.36. The number of methoxy groups -OCH3 is 1. The number of fused-ring (bicyclic) bond motifs is 2. The van der Waals surface area contributed by atoms with Gasteiger partial charge in [0.2, 0.25) is 0 Å². The molecule has 20 heavy (non-hydrogen) atoms. The molecule has 0 aliphatic carbocycles. The molecular formula is C15H23NO4. The van der Waals surface area contributed by atoms with Gasteiger partial charge in [-0.1, -0.05) is 6.08 Å². The molecule has 0 saturated carbocycles. The van der Waals surface area contributed by atoms with Crippen molar-refractivity contribution >= 4 is 12.1 Å². The highest BCUT2D eigenvalue weighted by molar-refractivity contribution is 5.91. The minimum absolute atomic E-state index is 0.170. The third-order valence-corrected chi connectivity index (χ3v) is 3.75. The largest absolute Gasteiger partial charge is 0.457 e. The van der Waals surface area contributed by atoms with Crippen molar-refractivity contribution in [1.29, 1.82) is 0 Å². The van der Waals surface area contributed by atoms with Crippen molar-refractivity contribution < 1.29 is 19.1 Å². The molecule has 0 aromatic carbocycles. The first-order valence-electron chi connectivity index (χ1n) is 7.13. The Labute approximate surface area is 119 Å². The monoisotopic (exact) mass is 281 g/mol. The second kappa shape index (κ2) is 5.46. The van der Waals surface area contributed by atoms with E-state index in [1.807, 2.05) is 26.8 Å². The summed E-state index contributed by atoms with van der Waals surface area (Å²) >= 11 is 0. The van der Waals surface area contributed by atoms with Gasteiger partial charge in [-0.25, -0.2) is 9.59 Å². The molecule has 2 aliphatic heterocycles. The van der Waals surface area contributed by atoms with Gasteiger partial charge in [0.05, 0.1) is 18.7 Å². The Morgan fingerprint density at radius 2 is 1.95 bits per heavy atom. The Kier molecular flexibility index (Phi) is 4.06. The topological polar surface area (TPSA) is 55.8 Å². The molecule has 0 radical (unpaired) electrons. The number of carbonyl (C=O) groups is 2. The van der Waals surface area contributed by atoms with Gasteiger partial charge in [-0.05, 0) is 46.5 Å². The maximum Gasteiger partial charge on any atom is 0.410 e. The highest BCUT2D eigenvalue weighted by atomic mass is 16.6. The summed E-state index contributed by atoms with van der Waals surface area (Å²) in [4.78, 5) is 26.0. The van der Waals surface area contributed by atoms with Gasteiger partial charge in [0, 0.05) is 6.04 Å². The molecule has 2 atom stereocenters. The predicted molar refractivity (Wildman–Crippen MR) is 74.2 cm³/mol. The van der Waals surface area contributed by atoms with Gasteiger partial charge in [-0.15, -0.1) is 0 Å². The second-order valence-corrected chi connectivity index (χ2v) is 6.36. The van der Waals surface area contributed by atoms with Crippen LogP contribution in [0.4, 0.5) is 4.79 Å². The van der Waals surface area contributed by atoms with Gasteiger partial charge in [0.15, 0.2) is 0 Å². The normalized spacial score (nSPS) is 25.8. The number of ether oxygens (including phenoxy) is 2. The van der Waals surface area contributed by atoms with Crippen LogP contribution in [0.3, 0.4) is 0 Å². The van der Waals surface area contributed by atoms with E-state index in [-0.39, 0.29) is 24.1 Å². The van der Waals surface area contributed by atoms with Crippen LogP contribution in [0.1, 0.15) is 46.5 Å². The fourth-order valence-corrected chi connectivity index (χ4v) is 2.98. The van der Waals surface area contributed by atoms with E-state index in [0.29, 0.717) is 5.57 Å². The first kappa shape index (κ1) is 14.9. The number of esters is 1. The maximum absolute atomic E-state index is 12.3. The molecule has 0 spiro atoms. The zero-order valence-electron chi connectivity index (χ0n) is 12.6. The van der Waals surface area contributed by atoms with Crippen LogP contribution < -0.4 is 0 Å². The lowest BCUT2D eigenvalue weighted by Gasteiger charge is -2.29. The van der Waals surface area contributed by atoms with E-state index in [1.165, 1.54) is 7.11 Å². The SMILES string of the molecule is COC(=O)N1C2CCC=C(C(=O)OC(C)(C)C)[C@H]1CC2. The van der Waals surface area contributed by atoms with Crippen molar-refractivity contribution in [3.63, 3.8) is 0 Å². The van der Waals surface area contributed by atoms with Crippen molar-refractivity contribution in [3.8, 4) is 0 Å². The quantitative estimate of drug-likeness (QED) is 0.693. The van der Waals surface area contributed by atoms with Crippen LogP contribution in [0.2, 0.25) is 0 Å². The molecule has 5 heteroatoms. The number of hydrogen-bond donors (Lipinski definition) is 0. The van der Waals surface area contributed by atoms with Gasteiger partial charge in [-0.3, -0.25) is 4.90 Å². The van der Waals surface area contributed by atoms with E-state index in [4.69, 9.17) is 9.47 Å². The molecule has 1 fully saturated rings. The van der Waals surface area contributed by atoms with Gasteiger partial charge in [-0.2, -0.15) is 0 Å². The number of nitrogens with zero attached hydrogens (tertiary/aromatic N) is 1. The fourth-order valence-electron chi connectivity index (χ4n) is 2.98. The molecule has 0 aromatic rings. The van der Waals surface area contributed by atoms with Crippen molar-refractivity contribution in [2.45, 2.75) is 64.1 Å². The number of hydrogen-bond acceptors (Lipinski definition) is 4. The van der Waals surface area contributed by atoms with E-state index in [9.17, 15) is 9.59 Å². The van der Waals surface area contributed by atoms with Crippen LogP contribution >= 0.6 is 0 Å². The van der Waals surface area contributed by atoms with Crippen molar-refractivity contribution in [2.75, 3.05) is 7.11 Å². The van der Waals surface area contributed by atoms with Crippen molar-refractivity contribution in [1.82, 2.24) is 4.90 Å². The molecule has 0 N–H and O–H groups in total. The zero-order chi connectivity index (χ0) is 14.9. The molecule has 1 saturated heterocycles. The summed E-state index contributed by atoms with van der Waals surface area (Å²) < 4.78 is 10.3. The smallest absolute Gasteiger partial charge is 0.410 e. The molecular weight excluding hydrogens is 258 g/mol. The molecule has 2 rings (SSSR count). The Morgan fingerprint density at radius 1 is 1.25 bits per heavy atom. The summed E-state index contributed by atoms with van der Waals surface area (Å²) in [7, 11) is 1.38. The summed E-state index contributed by atoms with van der Waals surface area (Å²) in [6.07, 6.45) is 4.95.